The maximum Gasteiger partial charge on any atom is 0.252 e. The zero-order chi connectivity index (χ0) is 24.6. The highest BCUT2D eigenvalue weighted by Crippen LogP contribution is 2.38. The van der Waals surface area contributed by atoms with Crippen LogP contribution in [0.25, 0.3) is 0 Å². The van der Waals surface area contributed by atoms with Gasteiger partial charge in [0.15, 0.2) is 0 Å². The zero-order valence-electron chi connectivity index (χ0n) is 20.1. The first-order chi connectivity index (χ1) is 16.8. The van der Waals surface area contributed by atoms with Crippen molar-refractivity contribution in [2.45, 2.75) is 24.0 Å². The van der Waals surface area contributed by atoms with Crippen LogP contribution in [0.4, 0.5) is 5.69 Å². The third-order valence-corrected chi connectivity index (χ3v) is 10.4. The largest absolute Gasteiger partial charge is 0.368 e. The first-order valence-corrected chi connectivity index (χ1v) is 14.4. The number of nitrogens with zero attached hydrogens (tertiary/aromatic N) is 3. The van der Waals surface area contributed by atoms with Crippen molar-refractivity contribution in [2.24, 2.45) is 5.92 Å². The predicted octanol–water partition coefficient (Wildman–Crippen LogP) is 4.12. The average molecular weight is 510 g/mol. The molecule has 0 unspecified atom stereocenters. The molecular weight excluding hydrogens is 478 g/mol. The molecule has 2 aliphatic rings. The van der Waals surface area contributed by atoms with Crippen LogP contribution in [0.2, 0.25) is 0 Å². The molecule has 3 aromatic rings. The Morgan fingerprint density at radius 2 is 1.66 bits per heavy atom. The molecule has 0 saturated carbocycles. The molecule has 0 bridgehead atoms. The van der Waals surface area contributed by atoms with Gasteiger partial charge in [-0.25, -0.2) is 8.42 Å². The second-order valence-electron chi connectivity index (χ2n) is 9.48. The van der Waals surface area contributed by atoms with Gasteiger partial charge in [0.25, 0.3) is 10.0 Å². The molecule has 6 nitrogen and oxygen atoms in total. The summed E-state index contributed by atoms with van der Waals surface area (Å²) < 4.78 is 28.4. The smallest absolute Gasteiger partial charge is 0.252 e. The van der Waals surface area contributed by atoms with Gasteiger partial charge in [0.1, 0.15) is 4.21 Å². The fourth-order valence-corrected chi connectivity index (χ4v) is 7.89. The van der Waals surface area contributed by atoms with E-state index >= 15 is 0 Å². The molecule has 2 atom stereocenters. The summed E-state index contributed by atoms with van der Waals surface area (Å²) in [6, 6.07) is 19.7. The van der Waals surface area contributed by atoms with Crippen molar-refractivity contribution in [2.75, 3.05) is 44.2 Å². The number of rotatable bonds is 5. The number of piperazine rings is 1. The van der Waals surface area contributed by atoms with Crippen molar-refractivity contribution >= 4 is 33.0 Å². The molecule has 2 aliphatic heterocycles. The van der Waals surface area contributed by atoms with Crippen LogP contribution >= 0.6 is 11.3 Å². The van der Waals surface area contributed by atoms with Gasteiger partial charge in [-0.2, -0.15) is 4.31 Å². The van der Waals surface area contributed by atoms with Crippen LogP contribution in [0.1, 0.15) is 22.6 Å². The van der Waals surface area contributed by atoms with Gasteiger partial charge in [-0.3, -0.25) is 4.79 Å². The molecule has 0 aliphatic carbocycles. The molecule has 0 N–H and O–H groups in total. The molecule has 2 fully saturated rings. The van der Waals surface area contributed by atoms with E-state index in [1.807, 2.05) is 35.2 Å². The van der Waals surface area contributed by atoms with Crippen molar-refractivity contribution in [1.82, 2.24) is 9.21 Å². The summed E-state index contributed by atoms with van der Waals surface area (Å²) >= 11 is 1.22. The molecule has 2 saturated heterocycles. The predicted molar refractivity (Wildman–Crippen MR) is 140 cm³/mol. The lowest BCUT2D eigenvalue weighted by Crippen LogP contribution is -2.51. The van der Waals surface area contributed by atoms with Crippen LogP contribution in [-0.2, 0) is 14.8 Å². The molecule has 1 amide bonds. The highest BCUT2D eigenvalue weighted by Gasteiger charge is 2.45. The van der Waals surface area contributed by atoms with Crippen LogP contribution in [0.5, 0.6) is 0 Å². The fourth-order valence-electron chi connectivity index (χ4n) is 5.25. The summed E-state index contributed by atoms with van der Waals surface area (Å²) in [5.41, 5.74) is 4.72. The normalized spacial score (nSPS) is 21.4. The van der Waals surface area contributed by atoms with Crippen LogP contribution < -0.4 is 4.90 Å². The Kier molecular flexibility index (Phi) is 6.70. The Hall–Kier alpha value is -2.68. The van der Waals surface area contributed by atoms with Gasteiger partial charge in [0, 0.05) is 50.9 Å². The fraction of sp³-hybridized carbons (Fsp3) is 0.370. The topological polar surface area (TPSA) is 60.9 Å². The van der Waals surface area contributed by atoms with E-state index in [-0.39, 0.29) is 24.3 Å². The van der Waals surface area contributed by atoms with Gasteiger partial charge in [0.2, 0.25) is 5.91 Å². The second kappa shape index (κ2) is 9.76. The molecule has 35 heavy (non-hydrogen) atoms. The van der Waals surface area contributed by atoms with Crippen LogP contribution in [0, 0.1) is 19.8 Å². The Bertz CT molecular complexity index is 1280. The number of benzene rings is 2. The monoisotopic (exact) mass is 509 g/mol. The number of sulfonamides is 1. The van der Waals surface area contributed by atoms with Gasteiger partial charge < -0.3 is 9.80 Å². The van der Waals surface area contributed by atoms with Crippen LogP contribution in [0.3, 0.4) is 0 Å². The van der Waals surface area contributed by atoms with E-state index in [0.717, 1.165) is 18.7 Å². The standard InChI is InChI=1S/C27H31N3O3S2/c1-20-10-11-21(2)25(17-20)28-12-14-29(15-13-28)27(31)24-19-30(35(32,33)26-9-6-16-34-26)18-23(24)22-7-4-3-5-8-22/h3-11,16-17,23-24H,12-15,18-19H2,1-2H3/t23-,24+/m1/s1. The van der Waals surface area contributed by atoms with Gasteiger partial charge in [-0.05, 0) is 48.1 Å². The average Bonchev–Trinajstić information content (AvgIpc) is 3.57. The number of hydrogen-bond acceptors (Lipinski definition) is 5. The molecule has 0 radical (unpaired) electrons. The Morgan fingerprint density at radius 3 is 2.34 bits per heavy atom. The molecule has 184 valence electrons. The van der Waals surface area contributed by atoms with Crippen molar-refractivity contribution in [3.63, 3.8) is 0 Å². The minimum atomic E-state index is -3.61. The van der Waals surface area contributed by atoms with Crippen molar-refractivity contribution in [3.8, 4) is 0 Å². The third-order valence-electron chi connectivity index (χ3n) is 7.22. The first kappa shape index (κ1) is 24.0. The summed E-state index contributed by atoms with van der Waals surface area (Å²) in [4.78, 5) is 18.1. The summed E-state index contributed by atoms with van der Waals surface area (Å²) in [6.45, 7) is 7.59. The van der Waals surface area contributed by atoms with E-state index in [0.29, 0.717) is 23.8 Å². The maximum absolute atomic E-state index is 13.8. The van der Waals surface area contributed by atoms with Gasteiger partial charge in [0.05, 0.1) is 5.92 Å². The lowest BCUT2D eigenvalue weighted by molar-refractivity contribution is -0.135. The zero-order valence-corrected chi connectivity index (χ0v) is 21.8. The lowest BCUT2D eigenvalue weighted by Gasteiger charge is -2.38. The number of amides is 1. The maximum atomic E-state index is 13.8. The van der Waals surface area contributed by atoms with E-state index in [4.69, 9.17) is 0 Å². The van der Waals surface area contributed by atoms with E-state index in [9.17, 15) is 13.2 Å². The Balaban J connectivity index is 1.35. The van der Waals surface area contributed by atoms with E-state index in [1.54, 1.807) is 17.5 Å². The SMILES string of the molecule is Cc1ccc(C)c(N2CCN(C(=O)[C@H]3CN(S(=O)(=O)c4cccs4)C[C@@H]3c3ccccc3)CC2)c1. The molecule has 2 aromatic carbocycles. The minimum Gasteiger partial charge on any atom is -0.368 e. The Morgan fingerprint density at radius 1 is 0.914 bits per heavy atom. The van der Waals surface area contributed by atoms with E-state index < -0.39 is 10.0 Å². The highest BCUT2D eigenvalue weighted by atomic mass is 32.2. The number of carbonyl (C=O) groups excluding carboxylic acids is 1. The molecule has 0 spiro atoms. The minimum absolute atomic E-state index is 0.0587. The van der Waals surface area contributed by atoms with Crippen molar-refractivity contribution in [1.29, 1.82) is 0 Å². The molecule has 5 rings (SSSR count). The molecular formula is C27H31N3O3S2. The quantitative estimate of drug-likeness (QED) is 0.519. The lowest BCUT2D eigenvalue weighted by atomic mass is 9.88. The van der Waals surface area contributed by atoms with Gasteiger partial charge in [-0.1, -0.05) is 48.5 Å². The third kappa shape index (κ3) is 4.75. The number of thiophene rings is 1. The number of anilines is 1. The first-order valence-electron chi connectivity index (χ1n) is 12.0. The number of aryl methyl sites for hydroxylation is 2. The highest BCUT2D eigenvalue weighted by molar-refractivity contribution is 7.91. The Labute approximate surface area is 211 Å². The van der Waals surface area contributed by atoms with Gasteiger partial charge >= 0.3 is 0 Å². The summed E-state index contributed by atoms with van der Waals surface area (Å²) in [5, 5.41) is 1.77. The number of hydrogen-bond donors (Lipinski definition) is 0. The van der Waals surface area contributed by atoms with Crippen molar-refractivity contribution < 1.29 is 13.2 Å². The summed E-state index contributed by atoms with van der Waals surface area (Å²) in [5.74, 6) is -0.488. The summed E-state index contributed by atoms with van der Waals surface area (Å²) in [7, 11) is -3.61. The second-order valence-corrected chi connectivity index (χ2v) is 12.6. The van der Waals surface area contributed by atoms with Crippen LogP contribution in [-0.4, -0.2) is 62.8 Å². The van der Waals surface area contributed by atoms with Crippen molar-refractivity contribution in [3.05, 3.63) is 82.7 Å². The molecule has 1 aromatic heterocycles. The number of carbonyl (C=O) groups is 1. The summed E-state index contributed by atoms with van der Waals surface area (Å²) in [6.07, 6.45) is 0. The van der Waals surface area contributed by atoms with E-state index in [2.05, 4.69) is 36.9 Å². The molecule has 3 heterocycles. The van der Waals surface area contributed by atoms with Crippen LogP contribution in [0.15, 0.2) is 70.3 Å². The van der Waals surface area contributed by atoms with E-state index in [1.165, 1.54) is 32.5 Å². The molecule has 8 heteroatoms. The van der Waals surface area contributed by atoms with Gasteiger partial charge in [-0.15, -0.1) is 11.3 Å².